The minimum atomic E-state index is 0.0643. The van der Waals surface area contributed by atoms with Crippen molar-refractivity contribution in [1.29, 1.82) is 0 Å². The topological polar surface area (TPSA) is 73.1 Å². The Balaban J connectivity index is 1.76. The van der Waals surface area contributed by atoms with Crippen LogP contribution in [0.5, 0.6) is 0 Å². The average Bonchev–Trinajstić information content (AvgIpc) is 2.90. The van der Waals surface area contributed by atoms with Gasteiger partial charge in [0.1, 0.15) is 0 Å². The zero-order valence-electron chi connectivity index (χ0n) is 11.8. The van der Waals surface area contributed by atoms with Crippen LogP contribution in [0.25, 0.3) is 0 Å². The van der Waals surface area contributed by atoms with Crippen LogP contribution in [0.2, 0.25) is 0 Å². The van der Waals surface area contributed by atoms with Crippen molar-refractivity contribution in [1.82, 2.24) is 15.4 Å². The van der Waals surface area contributed by atoms with E-state index in [1.54, 1.807) is 6.20 Å². The van der Waals surface area contributed by atoms with Crippen LogP contribution in [0.4, 0.5) is 0 Å². The van der Waals surface area contributed by atoms with Crippen molar-refractivity contribution in [2.75, 3.05) is 18.1 Å². The summed E-state index contributed by atoms with van der Waals surface area (Å²) in [6.07, 6.45) is 6.89. The number of ether oxygens (including phenoxy) is 1. The molecular formula is C14H22N4OS. The molecule has 6 heteroatoms. The molecule has 3 rings (SSSR count). The molecule has 0 radical (unpaired) electrons. The molecule has 0 amide bonds. The van der Waals surface area contributed by atoms with E-state index in [0.717, 1.165) is 43.0 Å². The predicted molar refractivity (Wildman–Crippen MR) is 80.2 cm³/mol. The van der Waals surface area contributed by atoms with Crippen LogP contribution >= 0.6 is 11.8 Å². The van der Waals surface area contributed by atoms with Crippen LogP contribution in [-0.2, 0) is 4.74 Å². The fraction of sp³-hybridized carbons (Fsp3) is 0.714. The van der Waals surface area contributed by atoms with E-state index in [1.807, 2.05) is 24.9 Å². The minimum absolute atomic E-state index is 0.0643. The van der Waals surface area contributed by atoms with Gasteiger partial charge in [-0.1, -0.05) is 0 Å². The number of nitrogens with two attached hydrogens (primary N) is 1. The molecule has 3 N–H and O–H groups in total. The third-order valence-electron chi connectivity index (χ3n) is 4.37. The van der Waals surface area contributed by atoms with Crippen molar-refractivity contribution in [3.63, 3.8) is 0 Å². The first-order valence-electron chi connectivity index (χ1n) is 7.19. The summed E-state index contributed by atoms with van der Waals surface area (Å²) in [4.78, 5) is 8.83. The van der Waals surface area contributed by atoms with Crippen LogP contribution in [0.15, 0.2) is 12.4 Å². The van der Waals surface area contributed by atoms with Gasteiger partial charge in [-0.15, -0.1) is 0 Å². The molecule has 2 aliphatic rings. The van der Waals surface area contributed by atoms with E-state index in [9.17, 15) is 0 Å². The lowest BCUT2D eigenvalue weighted by Gasteiger charge is -2.40. The zero-order valence-corrected chi connectivity index (χ0v) is 12.7. The second-order valence-corrected chi connectivity index (χ2v) is 6.92. The van der Waals surface area contributed by atoms with Gasteiger partial charge in [0.15, 0.2) is 0 Å². The molecule has 3 unspecified atom stereocenters. The Labute approximate surface area is 124 Å². The van der Waals surface area contributed by atoms with Gasteiger partial charge in [-0.25, -0.2) is 0 Å². The molecule has 20 heavy (non-hydrogen) atoms. The number of aromatic nitrogens is 2. The average molecular weight is 294 g/mol. The normalized spacial score (nSPS) is 31.6. The summed E-state index contributed by atoms with van der Waals surface area (Å²) >= 11 is 1.99. The number of nitrogens with one attached hydrogen (secondary N) is 1. The van der Waals surface area contributed by atoms with E-state index >= 15 is 0 Å². The van der Waals surface area contributed by atoms with Crippen LogP contribution in [0.1, 0.15) is 36.7 Å². The molecule has 1 aromatic rings. The van der Waals surface area contributed by atoms with Gasteiger partial charge in [0.05, 0.1) is 29.2 Å². The Kier molecular flexibility index (Phi) is 4.26. The van der Waals surface area contributed by atoms with Crippen molar-refractivity contribution in [2.24, 2.45) is 11.8 Å². The van der Waals surface area contributed by atoms with Gasteiger partial charge in [-0.2, -0.15) is 11.8 Å². The molecule has 5 nitrogen and oxygen atoms in total. The number of hydrogen-bond acceptors (Lipinski definition) is 6. The zero-order chi connectivity index (χ0) is 14.0. The SMILES string of the molecule is Cc1cnc(C(NN)C2CCOC3(CCSC3)C2)cn1. The molecule has 3 heterocycles. The van der Waals surface area contributed by atoms with Crippen molar-refractivity contribution < 1.29 is 4.74 Å². The highest BCUT2D eigenvalue weighted by atomic mass is 32.2. The van der Waals surface area contributed by atoms with Crippen molar-refractivity contribution >= 4 is 11.8 Å². The van der Waals surface area contributed by atoms with Gasteiger partial charge >= 0.3 is 0 Å². The van der Waals surface area contributed by atoms with Crippen LogP contribution < -0.4 is 11.3 Å². The third kappa shape index (κ3) is 2.83. The summed E-state index contributed by atoms with van der Waals surface area (Å²) in [5.41, 5.74) is 4.89. The van der Waals surface area contributed by atoms with E-state index in [0.29, 0.717) is 5.92 Å². The Morgan fingerprint density at radius 1 is 1.50 bits per heavy atom. The van der Waals surface area contributed by atoms with Gasteiger partial charge in [-0.3, -0.25) is 21.2 Å². The molecule has 1 spiro atoms. The molecule has 0 aromatic carbocycles. The number of hydrogen-bond donors (Lipinski definition) is 2. The monoisotopic (exact) mass is 294 g/mol. The van der Waals surface area contributed by atoms with Crippen LogP contribution in [0, 0.1) is 12.8 Å². The lowest BCUT2D eigenvalue weighted by atomic mass is 9.80. The molecule has 2 saturated heterocycles. The Hall–Kier alpha value is -0.690. The molecule has 1 aromatic heterocycles. The summed E-state index contributed by atoms with van der Waals surface area (Å²) in [5, 5.41) is 0. The Morgan fingerprint density at radius 2 is 2.40 bits per heavy atom. The quantitative estimate of drug-likeness (QED) is 0.651. The van der Waals surface area contributed by atoms with Crippen molar-refractivity contribution in [3.05, 3.63) is 23.8 Å². The molecule has 3 atom stereocenters. The predicted octanol–water partition coefficient (Wildman–Crippen LogP) is 1.59. The first-order valence-corrected chi connectivity index (χ1v) is 8.34. The van der Waals surface area contributed by atoms with Crippen LogP contribution in [0.3, 0.4) is 0 Å². The summed E-state index contributed by atoms with van der Waals surface area (Å²) in [6.45, 7) is 2.77. The van der Waals surface area contributed by atoms with Gasteiger partial charge in [0.2, 0.25) is 0 Å². The number of hydrazine groups is 1. The van der Waals surface area contributed by atoms with Crippen molar-refractivity contribution in [3.8, 4) is 0 Å². The van der Waals surface area contributed by atoms with Gasteiger partial charge in [-0.05, 0) is 37.9 Å². The standard InChI is InChI=1S/C14H22N4OS/c1-10-7-17-12(8-16-10)13(18-15)11-2-4-19-14(6-11)3-5-20-9-14/h7-8,11,13,18H,2-6,9,15H2,1H3. The molecule has 2 aliphatic heterocycles. The summed E-state index contributed by atoms with van der Waals surface area (Å²) in [6, 6.07) is 0.0643. The number of thioether (sulfide) groups is 1. The molecule has 0 bridgehead atoms. The van der Waals surface area contributed by atoms with E-state index in [-0.39, 0.29) is 11.6 Å². The highest BCUT2D eigenvalue weighted by Gasteiger charge is 2.42. The summed E-state index contributed by atoms with van der Waals surface area (Å²) in [5.74, 6) is 8.58. The smallest absolute Gasteiger partial charge is 0.0783 e. The molecular weight excluding hydrogens is 272 g/mol. The third-order valence-corrected chi connectivity index (χ3v) is 5.59. The molecule has 2 fully saturated rings. The Morgan fingerprint density at radius 3 is 3.05 bits per heavy atom. The molecule has 110 valence electrons. The highest BCUT2D eigenvalue weighted by Crippen LogP contribution is 2.43. The van der Waals surface area contributed by atoms with Crippen molar-refractivity contribution in [2.45, 2.75) is 37.8 Å². The number of aryl methyl sites for hydroxylation is 1. The second-order valence-electron chi connectivity index (χ2n) is 5.81. The van der Waals surface area contributed by atoms with E-state index in [1.165, 1.54) is 5.75 Å². The maximum Gasteiger partial charge on any atom is 0.0783 e. The molecule has 0 aliphatic carbocycles. The highest BCUT2D eigenvalue weighted by molar-refractivity contribution is 7.99. The number of nitrogens with zero attached hydrogens (tertiary/aromatic N) is 2. The Bertz CT molecular complexity index is 447. The second kappa shape index (κ2) is 5.97. The largest absolute Gasteiger partial charge is 0.374 e. The maximum absolute atomic E-state index is 6.08. The lowest BCUT2D eigenvalue weighted by Crippen LogP contribution is -2.45. The minimum Gasteiger partial charge on any atom is -0.374 e. The first kappa shape index (κ1) is 14.3. The van der Waals surface area contributed by atoms with Gasteiger partial charge in [0, 0.05) is 18.6 Å². The number of rotatable bonds is 3. The van der Waals surface area contributed by atoms with Gasteiger partial charge < -0.3 is 4.74 Å². The van der Waals surface area contributed by atoms with E-state index in [2.05, 4.69) is 15.4 Å². The summed E-state index contributed by atoms with van der Waals surface area (Å²) < 4.78 is 6.08. The first-order chi connectivity index (χ1) is 9.72. The molecule has 0 saturated carbocycles. The lowest BCUT2D eigenvalue weighted by molar-refractivity contribution is -0.0856. The van der Waals surface area contributed by atoms with E-state index < -0.39 is 0 Å². The van der Waals surface area contributed by atoms with E-state index in [4.69, 9.17) is 10.6 Å². The maximum atomic E-state index is 6.08. The van der Waals surface area contributed by atoms with Crippen LogP contribution in [-0.4, -0.2) is 33.7 Å². The fourth-order valence-electron chi connectivity index (χ4n) is 3.24. The van der Waals surface area contributed by atoms with Gasteiger partial charge in [0.25, 0.3) is 0 Å². The fourth-order valence-corrected chi connectivity index (χ4v) is 4.62. The summed E-state index contributed by atoms with van der Waals surface area (Å²) in [7, 11) is 0.